The summed E-state index contributed by atoms with van der Waals surface area (Å²) in [5.74, 6) is -1.85. The molecule has 0 radical (unpaired) electrons. The van der Waals surface area contributed by atoms with Crippen molar-refractivity contribution in [1.29, 1.82) is 0 Å². The number of carbonyl (C=O) groups is 4. The minimum atomic E-state index is -1.32. The van der Waals surface area contributed by atoms with Gasteiger partial charge in [0.25, 0.3) is 5.24 Å². The molecule has 0 aliphatic carbocycles. The van der Waals surface area contributed by atoms with Gasteiger partial charge in [-0.25, -0.2) is 4.79 Å². The van der Waals surface area contributed by atoms with E-state index in [2.05, 4.69) is 10.1 Å². The normalized spacial score (nSPS) is 15.8. The fourth-order valence-corrected chi connectivity index (χ4v) is 2.43. The van der Waals surface area contributed by atoms with Gasteiger partial charge >= 0.3 is 11.9 Å². The largest absolute Gasteiger partial charge is 0.480 e. The van der Waals surface area contributed by atoms with E-state index in [0.29, 0.717) is 12.3 Å². The highest BCUT2D eigenvalue weighted by Gasteiger charge is 2.25. The Morgan fingerprint density at radius 2 is 2.20 bits per heavy atom. The zero-order chi connectivity index (χ0) is 15.1. The van der Waals surface area contributed by atoms with Crippen LogP contribution in [0.5, 0.6) is 0 Å². The summed E-state index contributed by atoms with van der Waals surface area (Å²) in [6, 6.07) is -1.32. The molecule has 0 spiro atoms. The standard InChI is InChI=1S/C11H16N2O6S/c1-19-9(15)6-7(10(16)17)12-8(14)2-3-13-4-5-20-11(13)18/h7H,2-6H2,1H3,(H,12,14)(H,16,17)/t7-/m0/s1. The highest BCUT2D eigenvalue weighted by Crippen LogP contribution is 2.16. The number of carboxylic acids is 1. The van der Waals surface area contributed by atoms with Gasteiger partial charge in [0.1, 0.15) is 6.04 Å². The molecule has 1 aliphatic heterocycles. The predicted octanol–water partition coefficient (Wildman–Crippen LogP) is -0.322. The second kappa shape index (κ2) is 7.73. The van der Waals surface area contributed by atoms with E-state index in [1.165, 1.54) is 16.7 Å². The number of nitrogens with zero attached hydrogens (tertiary/aromatic N) is 1. The first kappa shape index (κ1) is 16.3. The maximum atomic E-state index is 11.6. The van der Waals surface area contributed by atoms with Crippen LogP contribution in [0.15, 0.2) is 0 Å². The van der Waals surface area contributed by atoms with Gasteiger partial charge < -0.3 is 20.1 Å². The van der Waals surface area contributed by atoms with Crippen molar-refractivity contribution in [1.82, 2.24) is 10.2 Å². The minimum absolute atomic E-state index is 0.00273. The van der Waals surface area contributed by atoms with E-state index >= 15 is 0 Å². The zero-order valence-corrected chi connectivity index (χ0v) is 11.8. The van der Waals surface area contributed by atoms with Gasteiger partial charge in [0.2, 0.25) is 5.91 Å². The second-order valence-electron chi connectivity index (χ2n) is 4.09. The first-order valence-corrected chi connectivity index (χ1v) is 6.93. The molecule has 0 saturated carbocycles. The minimum Gasteiger partial charge on any atom is -0.480 e. The van der Waals surface area contributed by atoms with Crippen LogP contribution in [0, 0.1) is 0 Å². The Hall–Kier alpha value is -1.77. The molecular weight excluding hydrogens is 288 g/mol. The van der Waals surface area contributed by atoms with Gasteiger partial charge in [0.05, 0.1) is 13.5 Å². The summed E-state index contributed by atoms with van der Waals surface area (Å²) in [7, 11) is 1.14. The number of carbonyl (C=O) groups excluding carboxylic acids is 3. The Balaban J connectivity index is 2.39. The van der Waals surface area contributed by atoms with Crippen LogP contribution in [0.25, 0.3) is 0 Å². The first-order chi connectivity index (χ1) is 9.43. The van der Waals surface area contributed by atoms with E-state index in [4.69, 9.17) is 5.11 Å². The lowest BCUT2D eigenvalue weighted by Crippen LogP contribution is -2.43. The molecule has 1 fully saturated rings. The van der Waals surface area contributed by atoms with E-state index < -0.39 is 30.3 Å². The molecule has 9 heteroatoms. The highest BCUT2D eigenvalue weighted by atomic mass is 32.2. The lowest BCUT2D eigenvalue weighted by molar-refractivity contribution is -0.148. The smallest absolute Gasteiger partial charge is 0.326 e. The third kappa shape index (κ3) is 5.08. The van der Waals surface area contributed by atoms with E-state index in [1.807, 2.05) is 0 Å². The van der Waals surface area contributed by atoms with Crippen molar-refractivity contribution in [2.24, 2.45) is 0 Å². The average molecular weight is 304 g/mol. The molecule has 1 heterocycles. The van der Waals surface area contributed by atoms with Gasteiger partial charge in [0, 0.05) is 25.3 Å². The third-order valence-corrected chi connectivity index (χ3v) is 3.58. The molecule has 112 valence electrons. The van der Waals surface area contributed by atoms with Crippen LogP contribution < -0.4 is 5.32 Å². The van der Waals surface area contributed by atoms with Gasteiger partial charge in [-0.2, -0.15) is 0 Å². The van der Waals surface area contributed by atoms with Crippen molar-refractivity contribution in [2.45, 2.75) is 18.9 Å². The molecule has 1 aliphatic rings. The van der Waals surface area contributed by atoms with Gasteiger partial charge in [0.15, 0.2) is 0 Å². The molecule has 0 bridgehead atoms. The van der Waals surface area contributed by atoms with Crippen molar-refractivity contribution in [2.75, 3.05) is 26.0 Å². The molecule has 2 N–H and O–H groups in total. The number of methoxy groups -OCH3 is 1. The molecule has 0 aromatic carbocycles. The number of esters is 1. The van der Waals surface area contributed by atoms with Crippen LogP contribution in [0.1, 0.15) is 12.8 Å². The molecule has 0 aromatic heterocycles. The van der Waals surface area contributed by atoms with Crippen molar-refractivity contribution in [3.8, 4) is 0 Å². The summed E-state index contributed by atoms with van der Waals surface area (Å²) in [4.78, 5) is 46.4. The van der Waals surface area contributed by atoms with Crippen LogP contribution in [-0.2, 0) is 19.1 Å². The molecule has 8 nitrogen and oxygen atoms in total. The predicted molar refractivity (Wildman–Crippen MR) is 70.2 cm³/mol. The van der Waals surface area contributed by atoms with Crippen LogP contribution in [0.3, 0.4) is 0 Å². The van der Waals surface area contributed by atoms with E-state index in [1.54, 1.807) is 0 Å². The summed E-state index contributed by atoms with van der Waals surface area (Å²) >= 11 is 1.19. The number of hydrogen-bond donors (Lipinski definition) is 2. The van der Waals surface area contributed by atoms with Crippen molar-refractivity contribution in [3.63, 3.8) is 0 Å². The number of ether oxygens (including phenoxy) is 1. The second-order valence-corrected chi connectivity index (χ2v) is 5.14. The van der Waals surface area contributed by atoms with E-state index in [-0.39, 0.29) is 18.2 Å². The summed E-state index contributed by atoms with van der Waals surface area (Å²) in [6.45, 7) is 0.823. The monoisotopic (exact) mass is 304 g/mol. The highest BCUT2D eigenvalue weighted by molar-refractivity contribution is 8.13. The molecule has 0 aromatic rings. The Labute approximate surface area is 119 Å². The maximum absolute atomic E-state index is 11.6. The third-order valence-electron chi connectivity index (χ3n) is 2.69. The van der Waals surface area contributed by atoms with Gasteiger partial charge in [-0.1, -0.05) is 11.8 Å². The van der Waals surface area contributed by atoms with Crippen molar-refractivity contribution >= 4 is 34.8 Å². The Kier molecular flexibility index (Phi) is 6.29. The molecule has 1 saturated heterocycles. The van der Waals surface area contributed by atoms with Crippen LogP contribution >= 0.6 is 11.8 Å². The lowest BCUT2D eigenvalue weighted by Gasteiger charge is -2.16. The number of amides is 2. The summed E-state index contributed by atoms with van der Waals surface area (Å²) < 4.78 is 4.36. The van der Waals surface area contributed by atoms with Crippen molar-refractivity contribution < 1.29 is 29.0 Å². The van der Waals surface area contributed by atoms with Crippen LogP contribution in [-0.4, -0.2) is 65.1 Å². The zero-order valence-electron chi connectivity index (χ0n) is 11.0. The summed E-state index contributed by atoms with van der Waals surface area (Å²) in [5.41, 5.74) is 0. The van der Waals surface area contributed by atoms with Crippen molar-refractivity contribution in [3.05, 3.63) is 0 Å². The number of rotatable bonds is 7. The fourth-order valence-electron chi connectivity index (χ4n) is 1.58. The SMILES string of the molecule is COC(=O)C[C@H](NC(=O)CCN1CCSC1=O)C(=O)O. The average Bonchev–Trinajstić information content (AvgIpc) is 2.80. The molecule has 0 unspecified atom stereocenters. The van der Waals surface area contributed by atoms with Gasteiger partial charge in [-0.3, -0.25) is 14.4 Å². The molecule has 2 amide bonds. The quantitative estimate of drug-likeness (QED) is 0.619. The number of aliphatic carboxylic acids is 1. The lowest BCUT2D eigenvalue weighted by atomic mass is 10.2. The first-order valence-electron chi connectivity index (χ1n) is 5.94. The van der Waals surface area contributed by atoms with Crippen LogP contribution in [0.4, 0.5) is 4.79 Å². The number of hydrogen-bond acceptors (Lipinski definition) is 6. The van der Waals surface area contributed by atoms with Crippen LogP contribution in [0.2, 0.25) is 0 Å². The molecule has 1 rings (SSSR count). The number of carboxylic acid groups (broad SMARTS) is 1. The Morgan fingerprint density at radius 1 is 1.50 bits per heavy atom. The van der Waals surface area contributed by atoms with E-state index in [0.717, 1.165) is 7.11 Å². The topological polar surface area (TPSA) is 113 Å². The number of nitrogens with one attached hydrogen (secondary N) is 1. The molecular formula is C11H16N2O6S. The van der Waals surface area contributed by atoms with Gasteiger partial charge in [-0.05, 0) is 0 Å². The summed E-state index contributed by atoms with van der Waals surface area (Å²) in [6.07, 6.45) is -0.437. The molecule has 20 heavy (non-hydrogen) atoms. The summed E-state index contributed by atoms with van der Waals surface area (Å²) in [5, 5.41) is 11.1. The Bertz CT molecular complexity index is 414. The Morgan fingerprint density at radius 3 is 2.70 bits per heavy atom. The van der Waals surface area contributed by atoms with Gasteiger partial charge in [-0.15, -0.1) is 0 Å². The number of thioether (sulfide) groups is 1. The maximum Gasteiger partial charge on any atom is 0.326 e. The fraction of sp³-hybridized carbons (Fsp3) is 0.636. The molecule has 1 atom stereocenters. The van der Waals surface area contributed by atoms with E-state index in [9.17, 15) is 19.2 Å².